The molecule has 0 aliphatic carbocycles. The molecule has 3 aromatic rings. The molecule has 1 aromatic carbocycles. The van der Waals surface area contributed by atoms with Crippen LogP contribution in [0, 0.1) is 5.82 Å². The summed E-state index contributed by atoms with van der Waals surface area (Å²) in [5.41, 5.74) is 1.43. The number of likely N-dealkylation sites (N-methyl/N-ethyl adjacent to an activating group) is 1. The highest BCUT2D eigenvalue weighted by Gasteiger charge is 2.37. The number of anilines is 1. The quantitative estimate of drug-likeness (QED) is 0.654. The Labute approximate surface area is 162 Å². The zero-order valence-electron chi connectivity index (χ0n) is 15.1. The Morgan fingerprint density at radius 2 is 1.82 bits per heavy atom. The summed E-state index contributed by atoms with van der Waals surface area (Å²) >= 11 is 0. The molecular weight excluding hydrogens is 381 g/mol. The molecule has 0 atom stereocenters. The van der Waals surface area contributed by atoms with Gasteiger partial charge in [0.2, 0.25) is 10.0 Å². The molecule has 2 aromatic heterocycles. The molecule has 4 rings (SSSR count). The van der Waals surface area contributed by atoms with Gasteiger partial charge in [0.25, 0.3) is 0 Å². The predicted molar refractivity (Wildman–Crippen MR) is 103 cm³/mol. The standard InChI is InChI=1S/C19H18FN5O2S/c1-24(28(26,27)17-3-2-10-21-11-17)16-12-25(13-16)19-9-8-18(22-23-19)14-4-6-15(20)7-5-14/h2-11,16H,12-13H2,1H3. The van der Waals surface area contributed by atoms with Crippen molar-refractivity contribution in [2.75, 3.05) is 25.0 Å². The van der Waals surface area contributed by atoms with E-state index in [1.54, 1.807) is 31.4 Å². The third-order valence-corrected chi connectivity index (χ3v) is 6.70. The summed E-state index contributed by atoms with van der Waals surface area (Å²) in [6.07, 6.45) is 2.89. The largest absolute Gasteiger partial charge is 0.352 e. The monoisotopic (exact) mass is 399 g/mol. The van der Waals surface area contributed by atoms with Crippen molar-refractivity contribution in [2.24, 2.45) is 0 Å². The maximum atomic E-state index is 13.0. The molecule has 1 aliphatic rings. The zero-order chi connectivity index (χ0) is 19.7. The first kappa shape index (κ1) is 18.5. The Balaban J connectivity index is 1.42. The van der Waals surface area contributed by atoms with E-state index in [1.165, 1.54) is 28.7 Å². The highest BCUT2D eigenvalue weighted by atomic mass is 32.2. The minimum atomic E-state index is -3.57. The summed E-state index contributed by atoms with van der Waals surface area (Å²) in [5, 5.41) is 8.41. The third kappa shape index (κ3) is 3.46. The van der Waals surface area contributed by atoms with Gasteiger partial charge in [-0.3, -0.25) is 4.98 Å². The van der Waals surface area contributed by atoms with E-state index in [0.717, 1.165) is 5.56 Å². The van der Waals surface area contributed by atoms with E-state index < -0.39 is 10.0 Å². The highest BCUT2D eigenvalue weighted by molar-refractivity contribution is 7.89. The fourth-order valence-corrected chi connectivity index (χ4v) is 4.31. The van der Waals surface area contributed by atoms with Gasteiger partial charge in [-0.25, -0.2) is 12.8 Å². The zero-order valence-corrected chi connectivity index (χ0v) is 15.9. The topological polar surface area (TPSA) is 79.3 Å². The molecule has 1 fully saturated rings. The van der Waals surface area contributed by atoms with Gasteiger partial charge in [-0.05, 0) is 48.5 Å². The maximum absolute atomic E-state index is 13.0. The van der Waals surface area contributed by atoms with Crippen molar-refractivity contribution in [1.29, 1.82) is 0 Å². The summed E-state index contributed by atoms with van der Waals surface area (Å²) in [6.45, 7) is 1.06. The number of nitrogens with zero attached hydrogens (tertiary/aromatic N) is 5. The number of aromatic nitrogens is 3. The number of rotatable bonds is 5. The lowest BCUT2D eigenvalue weighted by Crippen LogP contribution is -2.60. The first-order chi connectivity index (χ1) is 13.4. The van der Waals surface area contributed by atoms with Crippen molar-refractivity contribution in [1.82, 2.24) is 19.5 Å². The second-order valence-electron chi connectivity index (χ2n) is 6.55. The van der Waals surface area contributed by atoms with Gasteiger partial charge < -0.3 is 4.90 Å². The lowest BCUT2D eigenvalue weighted by atomic mass is 10.1. The smallest absolute Gasteiger partial charge is 0.244 e. The molecule has 0 N–H and O–H groups in total. The molecule has 0 amide bonds. The van der Waals surface area contributed by atoms with E-state index in [0.29, 0.717) is 24.6 Å². The fraction of sp³-hybridized carbons (Fsp3) is 0.211. The van der Waals surface area contributed by atoms with E-state index in [4.69, 9.17) is 0 Å². The number of hydrogen-bond acceptors (Lipinski definition) is 6. The van der Waals surface area contributed by atoms with E-state index >= 15 is 0 Å². The van der Waals surface area contributed by atoms with E-state index in [1.807, 2.05) is 17.0 Å². The maximum Gasteiger partial charge on any atom is 0.244 e. The highest BCUT2D eigenvalue weighted by Crippen LogP contribution is 2.26. The molecule has 0 saturated carbocycles. The molecule has 0 unspecified atom stereocenters. The number of sulfonamides is 1. The van der Waals surface area contributed by atoms with Crippen molar-refractivity contribution < 1.29 is 12.8 Å². The van der Waals surface area contributed by atoms with E-state index in [-0.39, 0.29) is 16.8 Å². The van der Waals surface area contributed by atoms with Crippen LogP contribution >= 0.6 is 0 Å². The molecule has 1 aliphatic heterocycles. The van der Waals surface area contributed by atoms with Crippen molar-refractivity contribution in [3.63, 3.8) is 0 Å². The van der Waals surface area contributed by atoms with Gasteiger partial charge in [0.15, 0.2) is 5.82 Å². The van der Waals surface area contributed by atoms with Gasteiger partial charge in [0, 0.05) is 38.1 Å². The van der Waals surface area contributed by atoms with Crippen LogP contribution in [-0.4, -0.2) is 54.1 Å². The van der Waals surface area contributed by atoms with Crippen LogP contribution in [0.4, 0.5) is 10.2 Å². The molecule has 28 heavy (non-hydrogen) atoms. The molecule has 7 nitrogen and oxygen atoms in total. The van der Waals surface area contributed by atoms with Crippen LogP contribution in [0.25, 0.3) is 11.3 Å². The van der Waals surface area contributed by atoms with Gasteiger partial charge >= 0.3 is 0 Å². The molecule has 9 heteroatoms. The predicted octanol–water partition coefficient (Wildman–Crippen LogP) is 2.19. The van der Waals surface area contributed by atoms with Crippen molar-refractivity contribution in [2.45, 2.75) is 10.9 Å². The number of pyridine rings is 1. The molecule has 0 bridgehead atoms. The minimum Gasteiger partial charge on any atom is -0.352 e. The average Bonchev–Trinajstić information content (AvgIpc) is 2.68. The Morgan fingerprint density at radius 1 is 1.07 bits per heavy atom. The van der Waals surface area contributed by atoms with E-state index in [9.17, 15) is 12.8 Å². The van der Waals surface area contributed by atoms with Crippen LogP contribution in [0.5, 0.6) is 0 Å². The third-order valence-electron chi connectivity index (χ3n) is 4.80. The Bertz CT molecular complexity index is 1050. The summed E-state index contributed by atoms with van der Waals surface area (Å²) in [7, 11) is -2.00. The number of benzene rings is 1. The van der Waals surface area contributed by atoms with Crippen molar-refractivity contribution in [3.8, 4) is 11.3 Å². The first-order valence-corrected chi connectivity index (χ1v) is 10.1. The Morgan fingerprint density at radius 3 is 2.43 bits per heavy atom. The Kier molecular flexibility index (Phi) is 4.78. The van der Waals surface area contributed by atoms with Crippen LogP contribution < -0.4 is 4.90 Å². The number of halogens is 1. The molecular formula is C19H18FN5O2S. The SMILES string of the molecule is CN(C1CN(c2ccc(-c3ccc(F)cc3)nn2)C1)S(=O)(=O)c1cccnc1. The first-order valence-electron chi connectivity index (χ1n) is 8.68. The summed E-state index contributed by atoms with van der Waals surface area (Å²) in [5.74, 6) is 0.375. The molecule has 3 heterocycles. The molecule has 0 spiro atoms. The molecule has 144 valence electrons. The number of hydrogen-bond donors (Lipinski definition) is 0. The average molecular weight is 399 g/mol. The lowest BCUT2D eigenvalue weighted by molar-refractivity contribution is 0.309. The lowest BCUT2D eigenvalue weighted by Gasteiger charge is -2.43. The van der Waals surface area contributed by atoms with E-state index in [2.05, 4.69) is 15.2 Å². The molecule has 1 saturated heterocycles. The Hall–Kier alpha value is -2.91. The normalized spacial score (nSPS) is 14.9. The fourth-order valence-electron chi connectivity index (χ4n) is 3.00. The van der Waals surface area contributed by atoms with Gasteiger partial charge in [0.1, 0.15) is 10.7 Å². The second kappa shape index (κ2) is 7.25. The van der Waals surface area contributed by atoms with Crippen molar-refractivity contribution in [3.05, 3.63) is 66.7 Å². The van der Waals surface area contributed by atoms with Crippen molar-refractivity contribution >= 4 is 15.8 Å². The van der Waals surface area contributed by atoms with Gasteiger partial charge in [-0.15, -0.1) is 10.2 Å². The summed E-state index contributed by atoms with van der Waals surface area (Å²) < 4.78 is 39.7. The summed E-state index contributed by atoms with van der Waals surface area (Å²) in [6, 6.07) is 12.7. The van der Waals surface area contributed by atoms with Gasteiger partial charge in [-0.1, -0.05) is 0 Å². The van der Waals surface area contributed by atoms with Gasteiger partial charge in [0.05, 0.1) is 11.7 Å². The molecule has 0 radical (unpaired) electrons. The second-order valence-corrected chi connectivity index (χ2v) is 8.55. The van der Waals surface area contributed by atoms with Crippen LogP contribution in [0.15, 0.2) is 65.8 Å². The summed E-state index contributed by atoms with van der Waals surface area (Å²) in [4.78, 5) is 6.02. The van der Waals surface area contributed by atoms with Crippen LogP contribution in [0.2, 0.25) is 0 Å². The van der Waals surface area contributed by atoms with Crippen LogP contribution in [0.1, 0.15) is 0 Å². The minimum absolute atomic E-state index is 0.149. The van der Waals surface area contributed by atoms with Crippen LogP contribution in [-0.2, 0) is 10.0 Å². The van der Waals surface area contributed by atoms with Crippen LogP contribution in [0.3, 0.4) is 0 Å². The van der Waals surface area contributed by atoms with Gasteiger partial charge in [-0.2, -0.15) is 4.31 Å².